The summed E-state index contributed by atoms with van der Waals surface area (Å²) < 4.78 is 7.36. The highest BCUT2D eigenvalue weighted by molar-refractivity contribution is 6.30. The summed E-state index contributed by atoms with van der Waals surface area (Å²) in [4.78, 5) is 29.1. The zero-order valence-corrected chi connectivity index (χ0v) is 19.1. The van der Waals surface area contributed by atoms with Crippen molar-refractivity contribution in [2.24, 2.45) is 0 Å². The lowest BCUT2D eigenvalue weighted by Crippen LogP contribution is -2.35. The number of nitrogens with zero attached hydrogens (tertiary/aromatic N) is 3. The van der Waals surface area contributed by atoms with E-state index in [2.05, 4.69) is 15.4 Å². The van der Waals surface area contributed by atoms with Gasteiger partial charge in [0.2, 0.25) is 0 Å². The van der Waals surface area contributed by atoms with Crippen LogP contribution in [0.3, 0.4) is 0 Å². The number of carbonyl (C=O) groups is 2. The molecule has 174 valence electrons. The fourth-order valence-electron chi connectivity index (χ4n) is 4.53. The third-order valence-corrected chi connectivity index (χ3v) is 6.70. The minimum atomic E-state index is -0.985. The van der Waals surface area contributed by atoms with Gasteiger partial charge in [0, 0.05) is 5.02 Å². The molecule has 0 atom stereocenters. The molecule has 1 aliphatic rings. The number of fused-ring (bicyclic) bond motifs is 3. The zero-order chi connectivity index (χ0) is 24.2. The first-order valence-corrected chi connectivity index (χ1v) is 11.4. The standard InChI is InChI=1S/C26H19ClN4O4/c27-18-3-1-2-15(10-18)13-31-22-19(11-21-23(35-14-28-21)20(22)12-29-31)24(32)30-26(8-9-26)17-6-4-16(5-7-17)25(33)34/h1-7,10-12,14H,8-9,13H2,(H,30,32)(H,33,34). The van der Waals surface area contributed by atoms with Gasteiger partial charge >= 0.3 is 5.97 Å². The average molecular weight is 487 g/mol. The molecule has 1 aliphatic carbocycles. The van der Waals surface area contributed by atoms with Crippen molar-refractivity contribution in [2.45, 2.75) is 24.9 Å². The van der Waals surface area contributed by atoms with Crippen molar-refractivity contribution in [1.29, 1.82) is 0 Å². The van der Waals surface area contributed by atoms with E-state index in [0.717, 1.165) is 24.0 Å². The molecule has 2 N–H and O–H groups in total. The average Bonchev–Trinajstić information content (AvgIpc) is 3.26. The lowest BCUT2D eigenvalue weighted by Gasteiger charge is -2.19. The Morgan fingerprint density at radius 2 is 1.94 bits per heavy atom. The minimum absolute atomic E-state index is 0.207. The van der Waals surface area contributed by atoms with Crippen molar-refractivity contribution >= 4 is 45.5 Å². The molecular formula is C26H19ClN4O4. The third kappa shape index (κ3) is 3.72. The highest BCUT2D eigenvalue weighted by Gasteiger charge is 2.46. The minimum Gasteiger partial charge on any atom is -0.478 e. The summed E-state index contributed by atoms with van der Waals surface area (Å²) in [5.74, 6) is -1.24. The van der Waals surface area contributed by atoms with Gasteiger partial charge in [-0.05, 0) is 54.3 Å². The van der Waals surface area contributed by atoms with E-state index in [4.69, 9.17) is 16.0 Å². The monoisotopic (exact) mass is 486 g/mol. The van der Waals surface area contributed by atoms with Gasteiger partial charge in [0.15, 0.2) is 12.0 Å². The fourth-order valence-corrected chi connectivity index (χ4v) is 4.74. The van der Waals surface area contributed by atoms with E-state index in [1.807, 2.05) is 18.2 Å². The van der Waals surface area contributed by atoms with Crippen LogP contribution in [0.25, 0.3) is 22.0 Å². The number of carboxylic acid groups (broad SMARTS) is 1. The molecule has 3 aromatic carbocycles. The third-order valence-electron chi connectivity index (χ3n) is 6.47. The van der Waals surface area contributed by atoms with Crippen LogP contribution in [0.5, 0.6) is 0 Å². The summed E-state index contributed by atoms with van der Waals surface area (Å²) in [6, 6.07) is 15.9. The SMILES string of the molecule is O=C(O)c1ccc(C2(NC(=O)c3cc4ncoc4c4cnn(Cc5cccc(Cl)c5)c34)CC2)cc1. The van der Waals surface area contributed by atoms with Crippen LogP contribution in [-0.4, -0.2) is 31.7 Å². The maximum absolute atomic E-state index is 13.7. The maximum atomic E-state index is 13.7. The van der Waals surface area contributed by atoms with Crippen LogP contribution < -0.4 is 5.32 Å². The number of rotatable bonds is 6. The molecule has 2 heterocycles. The number of halogens is 1. The summed E-state index contributed by atoms with van der Waals surface area (Å²) in [5, 5.41) is 18.2. The van der Waals surface area contributed by atoms with Gasteiger partial charge < -0.3 is 14.8 Å². The number of aromatic carboxylic acids is 1. The normalized spacial score (nSPS) is 14.3. The second-order valence-electron chi connectivity index (χ2n) is 8.74. The highest BCUT2D eigenvalue weighted by Crippen LogP contribution is 2.46. The van der Waals surface area contributed by atoms with Crippen molar-refractivity contribution < 1.29 is 19.1 Å². The lowest BCUT2D eigenvalue weighted by atomic mass is 10.0. The Balaban J connectivity index is 1.40. The predicted molar refractivity (Wildman–Crippen MR) is 130 cm³/mol. The Hall–Kier alpha value is -4.17. The van der Waals surface area contributed by atoms with E-state index in [1.54, 1.807) is 47.3 Å². The highest BCUT2D eigenvalue weighted by atomic mass is 35.5. The van der Waals surface area contributed by atoms with Gasteiger partial charge in [-0.25, -0.2) is 9.78 Å². The Labute approximate surface area is 204 Å². The Bertz CT molecular complexity index is 1620. The molecule has 0 unspecified atom stereocenters. The molecule has 1 fully saturated rings. The van der Waals surface area contributed by atoms with Gasteiger partial charge in [-0.1, -0.05) is 35.9 Å². The van der Waals surface area contributed by atoms with E-state index in [0.29, 0.717) is 39.1 Å². The zero-order valence-electron chi connectivity index (χ0n) is 18.4. The number of aromatic nitrogens is 3. The molecule has 0 saturated heterocycles. The van der Waals surface area contributed by atoms with Crippen molar-refractivity contribution in [2.75, 3.05) is 0 Å². The van der Waals surface area contributed by atoms with Crippen LogP contribution in [0, 0.1) is 0 Å². The van der Waals surface area contributed by atoms with Crippen molar-refractivity contribution in [3.05, 3.63) is 94.5 Å². The molecule has 35 heavy (non-hydrogen) atoms. The second-order valence-corrected chi connectivity index (χ2v) is 9.17. The summed E-state index contributed by atoms with van der Waals surface area (Å²) in [6.45, 7) is 0.422. The van der Waals surface area contributed by atoms with Crippen LogP contribution >= 0.6 is 11.6 Å². The van der Waals surface area contributed by atoms with Crippen LogP contribution in [-0.2, 0) is 12.1 Å². The number of oxazole rings is 1. The van der Waals surface area contributed by atoms with Crippen LogP contribution in [0.1, 0.15) is 44.7 Å². The number of benzene rings is 3. The van der Waals surface area contributed by atoms with Crippen LogP contribution in [0.2, 0.25) is 5.02 Å². The van der Waals surface area contributed by atoms with E-state index in [9.17, 15) is 14.7 Å². The van der Waals surface area contributed by atoms with Gasteiger partial charge in [0.25, 0.3) is 5.91 Å². The van der Waals surface area contributed by atoms with Gasteiger partial charge in [-0.15, -0.1) is 0 Å². The molecule has 0 bridgehead atoms. The molecule has 0 spiro atoms. The molecule has 8 nitrogen and oxygen atoms in total. The Morgan fingerprint density at radius 1 is 1.14 bits per heavy atom. The van der Waals surface area contributed by atoms with E-state index in [1.165, 1.54) is 6.39 Å². The smallest absolute Gasteiger partial charge is 0.335 e. The second kappa shape index (κ2) is 7.95. The summed E-state index contributed by atoms with van der Waals surface area (Å²) in [5.41, 5.74) is 3.72. The first kappa shape index (κ1) is 21.4. The van der Waals surface area contributed by atoms with Crippen molar-refractivity contribution in [1.82, 2.24) is 20.1 Å². The Kier molecular flexibility index (Phi) is 4.86. The topological polar surface area (TPSA) is 110 Å². The predicted octanol–water partition coefficient (Wildman–Crippen LogP) is 5.00. The molecule has 5 aromatic rings. The molecule has 1 amide bonds. The number of hydrogen-bond donors (Lipinski definition) is 2. The number of carboxylic acids is 1. The molecule has 0 aliphatic heterocycles. The van der Waals surface area contributed by atoms with Crippen LogP contribution in [0.15, 0.2) is 71.6 Å². The molecule has 0 radical (unpaired) electrons. The van der Waals surface area contributed by atoms with E-state index >= 15 is 0 Å². The van der Waals surface area contributed by atoms with Crippen LogP contribution in [0.4, 0.5) is 0 Å². The molecular weight excluding hydrogens is 468 g/mol. The van der Waals surface area contributed by atoms with Gasteiger partial charge in [0.1, 0.15) is 5.52 Å². The van der Waals surface area contributed by atoms with Gasteiger partial charge in [-0.2, -0.15) is 5.10 Å². The van der Waals surface area contributed by atoms with Gasteiger partial charge in [-0.3, -0.25) is 9.48 Å². The number of nitrogens with one attached hydrogen (secondary N) is 1. The molecule has 6 rings (SSSR count). The maximum Gasteiger partial charge on any atom is 0.335 e. The number of hydrogen-bond acceptors (Lipinski definition) is 5. The first-order valence-electron chi connectivity index (χ1n) is 11.1. The number of amides is 1. The fraction of sp³-hybridized carbons (Fsp3) is 0.154. The largest absolute Gasteiger partial charge is 0.478 e. The summed E-state index contributed by atoms with van der Waals surface area (Å²) in [6.07, 6.45) is 4.57. The molecule has 2 aromatic heterocycles. The molecule has 1 saturated carbocycles. The van der Waals surface area contributed by atoms with Crippen molar-refractivity contribution in [3.8, 4) is 0 Å². The van der Waals surface area contributed by atoms with Crippen molar-refractivity contribution in [3.63, 3.8) is 0 Å². The van der Waals surface area contributed by atoms with Gasteiger partial charge in [0.05, 0.1) is 40.3 Å². The summed E-state index contributed by atoms with van der Waals surface area (Å²) >= 11 is 6.16. The number of carbonyl (C=O) groups excluding carboxylic acids is 1. The van der Waals surface area contributed by atoms with E-state index in [-0.39, 0.29) is 11.5 Å². The first-order chi connectivity index (χ1) is 16.9. The molecule has 9 heteroatoms. The quantitative estimate of drug-likeness (QED) is 0.349. The lowest BCUT2D eigenvalue weighted by molar-refractivity contribution is 0.0696. The van der Waals surface area contributed by atoms with E-state index < -0.39 is 11.5 Å². The summed E-state index contributed by atoms with van der Waals surface area (Å²) in [7, 11) is 0. The Morgan fingerprint density at radius 3 is 2.66 bits per heavy atom.